The lowest BCUT2D eigenvalue weighted by Crippen LogP contribution is -2.26. The third-order valence-electron chi connectivity index (χ3n) is 4.59. The summed E-state index contributed by atoms with van der Waals surface area (Å²) in [6, 6.07) is 0. The van der Waals surface area contributed by atoms with Crippen molar-refractivity contribution in [3.63, 3.8) is 0 Å². The van der Waals surface area contributed by atoms with Crippen molar-refractivity contribution in [3.8, 4) is 0 Å². The van der Waals surface area contributed by atoms with E-state index in [0.717, 1.165) is 23.0 Å². The van der Waals surface area contributed by atoms with Crippen molar-refractivity contribution in [3.05, 3.63) is 12.7 Å². The zero-order chi connectivity index (χ0) is 10.7. The molecule has 0 aromatic carbocycles. The Morgan fingerprint density at radius 3 is 1.73 bits per heavy atom. The second kappa shape index (κ2) is 5.43. The molecule has 0 atom stereocenters. The maximum Gasteiger partial charge on any atom is 0.113 e. The van der Waals surface area contributed by atoms with Crippen molar-refractivity contribution < 1.29 is 0 Å². The van der Waals surface area contributed by atoms with E-state index in [2.05, 4.69) is 25.3 Å². The van der Waals surface area contributed by atoms with Crippen LogP contribution in [0.25, 0.3) is 0 Å². The third-order valence-corrected chi connectivity index (χ3v) is 5.17. The van der Waals surface area contributed by atoms with Gasteiger partial charge in [-0.05, 0) is 81.7 Å². The van der Waals surface area contributed by atoms with E-state index >= 15 is 0 Å². The van der Waals surface area contributed by atoms with Crippen molar-refractivity contribution in [1.29, 1.82) is 0 Å². The van der Waals surface area contributed by atoms with Crippen LogP contribution in [0.15, 0.2) is 12.7 Å². The molecule has 0 bridgehead atoms. The first-order valence-electron chi connectivity index (χ1n) is 6.63. The third kappa shape index (κ3) is 3.03. The zero-order valence-electron chi connectivity index (χ0n) is 9.75. The predicted octanol–water partition coefficient (Wildman–Crippen LogP) is 3.55. The fraction of sp³-hybridized carbons (Fsp3) is 0.857. The normalized spacial score (nSPS) is 42.5. The summed E-state index contributed by atoms with van der Waals surface area (Å²) in [5.41, 5.74) is 0. The van der Waals surface area contributed by atoms with Crippen molar-refractivity contribution >= 4 is 12.6 Å². The van der Waals surface area contributed by atoms with Crippen LogP contribution >= 0.6 is 0 Å². The Labute approximate surface area is 99.9 Å². The minimum absolute atomic E-state index is 0.811. The second-order valence-electron chi connectivity index (χ2n) is 5.52. The van der Waals surface area contributed by atoms with E-state index in [-0.39, 0.29) is 0 Å². The Balaban J connectivity index is 1.78. The summed E-state index contributed by atoms with van der Waals surface area (Å²) in [6.45, 7) is 3.93. The first-order chi connectivity index (χ1) is 7.29. The van der Waals surface area contributed by atoms with E-state index in [1.54, 1.807) is 0 Å². The molecule has 2 rings (SSSR count). The molecule has 0 saturated heterocycles. The topological polar surface area (TPSA) is 0 Å². The van der Waals surface area contributed by atoms with Crippen molar-refractivity contribution in [2.45, 2.75) is 56.6 Å². The molecule has 0 heterocycles. The lowest BCUT2D eigenvalue weighted by Gasteiger charge is -2.35. The van der Waals surface area contributed by atoms with Crippen LogP contribution in [-0.2, 0) is 12.6 Å². The van der Waals surface area contributed by atoms with Gasteiger partial charge in [-0.15, -0.1) is 6.58 Å². The molecular weight excluding hydrogens is 200 g/mol. The Morgan fingerprint density at radius 1 is 0.800 bits per heavy atom. The summed E-state index contributed by atoms with van der Waals surface area (Å²) in [5.74, 6) is 2.91. The summed E-state index contributed by atoms with van der Waals surface area (Å²) < 4.78 is 0. The van der Waals surface area contributed by atoms with Gasteiger partial charge < -0.3 is 0 Å². The standard InChI is InChI=1S/C14H24S/c1-2-11-3-5-12(6-4-11)13-7-9-14(15)10-8-13/h2,11-15H,1,3-10H2/p+1. The molecule has 0 aliphatic heterocycles. The van der Waals surface area contributed by atoms with Crippen LogP contribution in [-0.4, -0.2) is 5.25 Å². The minimum Gasteiger partial charge on any atom is -0.103 e. The van der Waals surface area contributed by atoms with Gasteiger partial charge in [-0.2, -0.15) is 0 Å². The summed E-state index contributed by atoms with van der Waals surface area (Å²) in [4.78, 5) is 0. The monoisotopic (exact) mass is 225 g/mol. The van der Waals surface area contributed by atoms with Gasteiger partial charge in [-0.3, -0.25) is 0 Å². The van der Waals surface area contributed by atoms with E-state index in [1.165, 1.54) is 51.4 Å². The summed E-state index contributed by atoms with van der Waals surface area (Å²) >= 11 is 3.80. The highest BCUT2D eigenvalue weighted by Gasteiger charge is 2.30. The van der Waals surface area contributed by atoms with Gasteiger partial charge in [0, 0.05) is 0 Å². The largest absolute Gasteiger partial charge is 0.113 e. The van der Waals surface area contributed by atoms with Gasteiger partial charge in [-0.1, -0.05) is 6.08 Å². The van der Waals surface area contributed by atoms with Gasteiger partial charge >= 0.3 is 0 Å². The van der Waals surface area contributed by atoms with Crippen molar-refractivity contribution in [2.75, 3.05) is 0 Å². The zero-order valence-corrected chi connectivity index (χ0v) is 10.8. The van der Waals surface area contributed by atoms with Crippen LogP contribution < -0.4 is 0 Å². The van der Waals surface area contributed by atoms with E-state index in [4.69, 9.17) is 0 Å². The number of hydrogen-bond acceptors (Lipinski definition) is 0. The van der Waals surface area contributed by atoms with E-state index in [9.17, 15) is 0 Å². The maximum absolute atomic E-state index is 3.93. The molecular formula is C14H25S+. The molecule has 2 saturated carbocycles. The molecule has 0 nitrogen and oxygen atoms in total. The van der Waals surface area contributed by atoms with Crippen molar-refractivity contribution in [1.82, 2.24) is 0 Å². The molecule has 0 unspecified atom stereocenters. The predicted molar refractivity (Wildman–Crippen MR) is 71.5 cm³/mol. The van der Waals surface area contributed by atoms with Crippen LogP contribution in [0.3, 0.4) is 0 Å². The molecule has 1 heteroatoms. The van der Waals surface area contributed by atoms with Crippen LogP contribution in [0.4, 0.5) is 0 Å². The van der Waals surface area contributed by atoms with E-state index < -0.39 is 0 Å². The van der Waals surface area contributed by atoms with E-state index in [0.29, 0.717) is 0 Å². The summed E-state index contributed by atoms with van der Waals surface area (Å²) in [6.07, 6.45) is 13.7. The smallest absolute Gasteiger partial charge is 0.103 e. The first-order valence-corrected chi connectivity index (χ1v) is 7.21. The molecule has 0 aromatic heterocycles. The highest BCUT2D eigenvalue weighted by molar-refractivity contribution is 7.59. The van der Waals surface area contributed by atoms with Gasteiger partial charge in [0.1, 0.15) is 5.25 Å². The Kier molecular flexibility index (Phi) is 4.19. The molecule has 0 spiro atoms. The minimum atomic E-state index is 0.811. The maximum atomic E-state index is 3.93. The van der Waals surface area contributed by atoms with Crippen LogP contribution in [0.1, 0.15) is 51.4 Å². The first kappa shape index (κ1) is 11.6. The molecule has 2 fully saturated rings. The van der Waals surface area contributed by atoms with Crippen LogP contribution in [0.2, 0.25) is 0 Å². The molecule has 2 aliphatic rings. The average Bonchev–Trinajstić information content (AvgIpc) is 2.30. The highest BCUT2D eigenvalue weighted by atomic mass is 32.1. The van der Waals surface area contributed by atoms with Gasteiger partial charge in [0.25, 0.3) is 0 Å². The Hall–Kier alpha value is 0.0900. The van der Waals surface area contributed by atoms with Gasteiger partial charge in [0.05, 0.1) is 0 Å². The Bertz CT molecular complexity index is 195. The fourth-order valence-corrected chi connectivity index (χ4v) is 3.78. The lowest BCUT2D eigenvalue weighted by molar-refractivity contribution is 0.182. The average molecular weight is 225 g/mol. The molecule has 0 N–H and O–H groups in total. The Morgan fingerprint density at radius 2 is 1.27 bits per heavy atom. The second-order valence-corrected chi connectivity index (χ2v) is 6.34. The highest BCUT2D eigenvalue weighted by Crippen LogP contribution is 2.40. The van der Waals surface area contributed by atoms with Crippen LogP contribution in [0.5, 0.6) is 0 Å². The van der Waals surface area contributed by atoms with Gasteiger partial charge in [0.15, 0.2) is 0 Å². The molecule has 0 aromatic rings. The summed E-state index contributed by atoms with van der Waals surface area (Å²) in [5, 5.41) is 0.811. The van der Waals surface area contributed by atoms with Gasteiger partial charge in [-0.25, -0.2) is 0 Å². The fourth-order valence-electron chi connectivity index (χ4n) is 3.44. The molecule has 2 aliphatic carbocycles. The SMILES string of the molecule is C=CC1CCC(C2CCC([SH2+])CC2)CC1. The lowest BCUT2D eigenvalue weighted by atomic mass is 9.71. The van der Waals surface area contributed by atoms with E-state index in [1.807, 2.05) is 0 Å². The van der Waals surface area contributed by atoms with Crippen molar-refractivity contribution in [2.24, 2.45) is 17.8 Å². The quantitative estimate of drug-likeness (QED) is 0.498. The summed E-state index contributed by atoms with van der Waals surface area (Å²) in [7, 11) is 0. The number of allylic oxidation sites excluding steroid dienone is 1. The number of rotatable bonds is 2. The molecule has 0 radical (unpaired) electrons. The number of hydrogen-bond donors (Lipinski definition) is 0. The molecule has 0 amide bonds. The van der Waals surface area contributed by atoms with Gasteiger partial charge in [0.2, 0.25) is 0 Å². The molecule has 15 heavy (non-hydrogen) atoms. The molecule has 86 valence electrons. The van der Waals surface area contributed by atoms with Crippen LogP contribution in [0, 0.1) is 17.8 Å².